The van der Waals surface area contributed by atoms with Crippen molar-refractivity contribution in [1.82, 2.24) is 19.2 Å². The summed E-state index contributed by atoms with van der Waals surface area (Å²) < 4.78 is 50.6. The van der Waals surface area contributed by atoms with E-state index in [2.05, 4.69) is 43.9 Å². The Morgan fingerprint density at radius 3 is 2.60 bits per heavy atom. The number of aromatic nitrogens is 2. The summed E-state index contributed by atoms with van der Waals surface area (Å²) in [6, 6.07) is 13.4. The SMILES string of the molecule is C=Ic1ccc(-c2nc(Nc3ccc(C[C@H]4CCCCN(C)C[I-]4)cc3)ncc2F)c(S(=O)(=O)N2CCCC2)c1. The fraction of sp³-hybridized carbons (Fsp3) is 0.414. The molecule has 2 saturated heterocycles. The molecule has 216 valence electrons. The second-order valence-electron chi connectivity index (χ2n) is 10.2. The summed E-state index contributed by atoms with van der Waals surface area (Å²) in [6.07, 6.45) is 7.77. The molecule has 2 aliphatic heterocycles. The van der Waals surface area contributed by atoms with Crippen LogP contribution in [0.2, 0.25) is 0 Å². The third-order valence-corrected chi connectivity index (χ3v) is 14.6. The standard InChI is InChI=1S/C29H35FI2N5O2S/c1-31-22-10-13-25(27(18-22)40(38,39)37-15-5-6-16-37)28-26(30)19-33-29(35-28)34-24-11-8-21(9-12-24)17-23-7-3-4-14-36(2)20-32-23/h8-13,18-19,23H,1,3-7,14-17,20H2,2H3,(H,33,34,35)/q-1/t23-/m1/s1. The number of hydrogen-bond acceptors (Lipinski definition) is 6. The van der Waals surface area contributed by atoms with Gasteiger partial charge in [-0.25, -0.2) is 8.42 Å². The average molecular weight is 791 g/mol. The van der Waals surface area contributed by atoms with Crippen molar-refractivity contribution in [2.24, 2.45) is 0 Å². The molecule has 40 heavy (non-hydrogen) atoms. The van der Waals surface area contributed by atoms with E-state index in [4.69, 9.17) is 0 Å². The summed E-state index contributed by atoms with van der Waals surface area (Å²) in [4.78, 5) is 11.2. The second kappa shape index (κ2) is 13.6. The number of anilines is 2. The number of rotatable bonds is 8. The number of benzene rings is 2. The van der Waals surface area contributed by atoms with Crippen LogP contribution in [0.1, 0.15) is 37.7 Å². The zero-order valence-corrected chi connectivity index (χ0v) is 27.8. The predicted molar refractivity (Wildman–Crippen MR) is 164 cm³/mol. The Labute approximate surface area is 257 Å². The number of nitrogens with zero attached hydrogens (tertiary/aromatic N) is 4. The molecule has 0 bridgehead atoms. The molecule has 0 unspecified atom stereocenters. The van der Waals surface area contributed by atoms with E-state index in [0.717, 1.165) is 38.6 Å². The molecule has 0 saturated carbocycles. The van der Waals surface area contributed by atoms with Crippen LogP contribution in [-0.4, -0.2) is 67.3 Å². The van der Waals surface area contributed by atoms with E-state index in [0.29, 0.717) is 13.1 Å². The Morgan fingerprint density at radius 2 is 1.85 bits per heavy atom. The first kappa shape index (κ1) is 29.9. The van der Waals surface area contributed by atoms with Crippen LogP contribution in [-0.2, 0) is 16.4 Å². The van der Waals surface area contributed by atoms with Gasteiger partial charge in [0.2, 0.25) is 10.0 Å². The monoisotopic (exact) mass is 790 g/mol. The van der Waals surface area contributed by atoms with E-state index < -0.39 is 36.6 Å². The zero-order chi connectivity index (χ0) is 28.1. The van der Waals surface area contributed by atoms with Gasteiger partial charge in [-0.15, -0.1) is 0 Å². The minimum Gasteiger partial charge on any atom is -0.207 e. The van der Waals surface area contributed by atoms with Crippen LogP contribution in [0.25, 0.3) is 11.3 Å². The fourth-order valence-electron chi connectivity index (χ4n) is 5.04. The number of halogens is 3. The molecule has 2 aliphatic rings. The maximum absolute atomic E-state index is 15.1. The molecule has 1 N–H and O–H groups in total. The van der Waals surface area contributed by atoms with Gasteiger partial charge in [0.25, 0.3) is 0 Å². The molecular formula is C29H35FI2N5O2S-. The van der Waals surface area contributed by atoms with Crippen molar-refractivity contribution in [3.63, 3.8) is 0 Å². The van der Waals surface area contributed by atoms with Crippen molar-refractivity contribution in [2.45, 2.75) is 47.3 Å². The number of hydrogen-bond donors (Lipinski definition) is 1. The van der Waals surface area contributed by atoms with E-state index in [9.17, 15) is 8.42 Å². The molecule has 0 spiro atoms. The molecule has 0 amide bonds. The summed E-state index contributed by atoms with van der Waals surface area (Å²) in [5.74, 6) is -0.444. The first-order valence-electron chi connectivity index (χ1n) is 13.5. The first-order chi connectivity index (χ1) is 19.3. The topological polar surface area (TPSA) is 78.4 Å². The van der Waals surface area contributed by atoms with Crippen LogP contribution in [0.3, 0.4) is 0 Å². The van der Waals surface area contributed by atoms with E-state index in [-0.39, 0.29) is 43.3 Å². The van der Waals surface area contributed by atoms with Gasteiger partial charge in [-0.1, -0.05) is 25.2 Å². The molecule has 0 radical (unpaired) electrons. The van der Waals surface area contributed by atoms with Crippen molar-refractivity contribution >= 4 is 46.9 Å². The van der Waals surface area contributed by atoms with Crippen LogP contribution >= 0.6 is 20.7 Å². The second-order valence-corrected chi connectivity index (χ2v) is 17.5. The van der Waals surface area contributed by atoms with Crippen LogP contribution in [0.4, 0.5) is 16.0 Å². The Morgan fingerprint density at radius 1 is 1.10 bits per heavy atom. The van der Waals surface area contributed by atoms with E-state index in [1.165, 1.54) is 40.2 Å². The van der Waals surface area contributed by atoms with Crippen LogP contribution in [0.5, 0.6) is 0 Å². The van der Waals surface area contributed by atoms with Gasteiger partial charge in [0, 0.05) is 16.7 Å². The van der Waals surface area contributed by atoms with Gasteiger partial charge in [-0.05, 0) is 25.0 Å². The van der Waals surface area contributed by atoms with Gasteiger partial charge in [0.05, 0.1) is 0 Å². The van der Waals surface area contributed by atoms with Crippen molar-refractivity contribution in [3.05, 3.63) is 63.6 Å². The summed E-state index contributed by atoms with van der Waals surface area (Å²) in [6.45, 7) is 2.17. The van der Waals surface area contributed by atoms with Crippen LogP contribution in [0, 0.1) is 9.39 Å². The Bertz CT molecular complexity index is 1450. The molecule has 1 aromatic heterocycles. The molecule has 2 aromatic carbocycles. The molecule has 11 heteroatoms. The normalized spacial score (nSPS) is 19.5. The van der Waals surface area contributed by atoms with E-state index >= 15 is 4.39 Å². The number of alkyl halides is 2. The van der Waals surface area contributed by atoms with E-state index in [1.807, 2.05) is 18.2 Å². The van der Waals surface area contributed by atoms with Gasteiger partial charge in [-0.2, -0.15) is 4.31 Å². The molecule has 1 atom stereocenters. The van der Waals surface area contributed by atoms with E-state index in [1.54, 1.807) is 12.1 Å². The third-order valence-electron chi connectivity index (χ3n) is 7.25. The van der Waals surface area contributed by atoms with Gasteiger partial charge < -0.3 is 0 Å². The van der Waals surface area contributed by atoms with Crippen molar-refractivity contribution in [2.75, 3.05) is 36.6 Å². The summed E-state index contributed by atoms with van der Waals surface area (Å²) in [5, 5.41) is 3.18. The van der Waals surface area contributed by atoms with Crippen molar-refractivity contribution < 1.29 is 34.0 Å². The molecule has 0 aliphatic carbocycles. The predicted octanol–water partition coefficient (Wildman–Crippen LogP) is 2.46. The molecule has 3 aromatic rings. The Balaban J connectivity index is 1.36. The van der Waals surface area contributed by atoms with Gasteiger partial charge in [0.1, 0.15) is 0 Å². The van der Waals surface area contributed by atoms with Gasteiger partial charge >= 0.3 is 169 Å². The first-order valence-corrected chi connectivity index (χ1v) is 20.3. The molecular weight excluding hydrogens is 755 g/mol. The Hall–Kier alpha value is -1.55. The minimum atomic E-state index is -3.79. The third kappa shape index (κ3) is 7.26. The Kier molecular flexibility index (Phi) is 10.2. The molecule has 3 heterocycles. The molecule has 5 rings (SSSR count). The molecule has 7 nitrogen and oxygen atoms in total. The summed E-state index contributed by atoms with van der Waals surface area (Å²) in [5.41, 5.74) is 2.35. The number of sulfonamides is 1. The van der Waals surface area contributed by atoms with Gasteiger partial charge in [-0.3, -0.25) is 0 Å². The smallest absolute Gasteiger partial charge is 0.207 e. The minimum absolute atomic E-state index is 0.0288. The molecule has 2 fully saturated rings. The quantitative estimate of drug-likeness (QED) is 0.215. The summed E-state index contributed by atoms with van der Waals surface area (Å²) in [7, 11) is -1.55. The summed E-state index contributed by atoms with van der Waals surface area (Å²) >= 11 is -0.438. The van der Waals surface area contributed by atoms with Crippen LogP contribution in [0.15, 0.2) is 53.6 Å². The average Bonchev–Trinajstić information content (AvgIpc) is 3.51. The zero-order valence-electron chi connectivity index (χ0n) is 22.6. The maximum atomic E-state index is 15.1. The van der Waals surface area contributed by atoms with Crippen molar-refractivity contribution in [3.8, 4) is 11.3 Å². The number of nitrogens with one attached hydrogen (secondary N) is 1. The van der Waals surface area contributed by atoms with Crippen molar-refractivity contribution in [1.29, 1.82) is 0 Å². The van der Waals surface area contributed by atoms with Crippen LogP contribution < -0.4 is 26.5 Å². The van der Waals surface area contributed by atoms with Gasteiger partial charge in [0.15, 0.2) is 0 Å². The fourth-order valence-corrected chi connectivity index (χ4v) is 11.2.